The minimum Gasteiger partial charge on any atom is -0.352 e. The number of hydrogen-bond acceptors (Lipinski definition) is 2. The molecule has 2 amide bonds. The van der Waals surface area contributed by atoms with Crippen LogP contribution in [0.15, 0.2) is 66.7 Å². The molecule has 3 aromatic rings. The topological polar surface area (TPSA) is 49.4 Å². The molecule has 0 aromatic heterocycles. The molecular formula is C29H28Cl4N2O2. The summed E-state index contributed by atoms with van der Waals surface area (Å²) in [6, 6.07) is 19.3. The highest BCUT2D eigenvalue weighted by Crippen LogP contribution is 2.30. The standard InChI is InChI=1S/C29H28Cl4N2O2/c30-23-12-6-13-24(31)21(23)17-28(36)35(18-22-25(32)14-7-15-26(22)33)27(16-19-8-2-1-3-9-19)29(37)34-20-10-4-5-11-20/h1-3,6-9,12-15,20,27H,4-5,10-11,16-18H2,(H,34,37)/t27-/m0/s1. The summed E-state index contributed by atoms with van der Waals surface area (Å²) in [5.74, 6) is -0.494. The molecule has 0 radical (unpaired) electrons. The summed E-state index contributed by atoms with van der Waals surface area (Å²) in [6.07, 6.45) is 4.30. The molecule has 1 atom stereocenters. The fourth-order valence-electron chi connectivity index (χ4n) is 4.73. The third kappa shape index (κ3) is 7.20. The molecule has 37 heavy (non-hydrogen) atoms. The van der Waals surface area contributed by atoms with Gasteiger partial charge in [0.25, 0.3) is 0 Å². The van der Waals surface area contributed by atoms with Gasteiger partial charge in [-0.2, -0.15) is 0 Å². The maximum atomic E-state index is 14.0. The first-order chi connectivity index (χ1) is 17.8. The fraction of sp³-hybridized carbons (Fsp3) is 0.310. The van der Waals surface area contributed by atoms with E-state index in [4.69, 9.17) is 46.4 Å². The van der Waals surface area contributed by atoms with Gasteiger partial charge in [-0.25, -0.2) is 0 Å². The lowest BCUT2D eigenvalue weighted by Crippen LogP contribution is -2.52. The molecule has 194 valence electrons. The summed E-state index contributed by atoms with van der Waals surface area (Å²) in [4.78, 5) is 29.3. The minimum absolute atomic E-state index is 0.0645. The number of carbonyl (C=O) groups excluding carboxylic acids is 2. The number of amides is 2. The van der Waals surface area contributed by atoms with E-state index in [1.165, 1.54) is 0 Å². The Morgan fingerprint density at radius 1 is 0.784 bits per heavy atom. The number of hydrogen-bond donors (Lipinski definition) is 1. The average molecular weight is 578 g/mol. The molecular weight excluding hydrogens is 550 g/mol. The van der Waals surface area contributed by atoms with Crippen LogP contribution in [0, 0.1) is 0 Å². The summed E-state index contributed by atoms with van der Waals surface area (Å²) in [5, 5.41) is 4.83. The van der Waals surface area contributed by atoms with Gasteiger partial charge in [0.1, 0.15) is 6.04 Å². The first-order valence-corrected chi connectivity index (χ1v) is 13.8. The molecule has 1 aliphatic carbocycles. The molecule has 0 heterocycles. The van der Waals surface area contributed by atoms with Crippen LogP contribution in [0.3, 0.4) is 0 Å². The zero-order valence-electron chi connectivity index (χ0n) is 20.2. The van der Waals surface area contributed by atoms with Crippen molar-refractivity contribution >= 4 is 58.2 Å². The fourth-order valence-corrected chi connectivity index (χ4v) is 5.78. The molecule has 0 spiro atoms. The molecule has 1 N–H and O–H groups in total. The zero-order valence-corrected chi connectivity index (χ0v) is 23.3. The Kier molecular flexibility index (Phi) is 9.77. The molecule has 1 saturated carbocycles. The Hall–Kier alpha value is -2.24. The van der Waals surface area contributed by atoms with Crippen LogP contribution in [-0.4, -0.2) is 28.8 Å². The van der Waals surface area contributed by atoms with E-state index < -0.39 is 6.04 Å². The Balaban J connectivity index is 1.73. The van der Waals surface area contributed by atoms with Crippen LogP contribution < -0.4 is 5.32 Å². The van der Waals surface area contributed by atoms with E-state index in [1.807, 2.05) is 30.3 Å². The first kappa shape index (κ1) is 27.8. The number of benzene rings is 3. The van der Waals surface area contributed by atoms with Crippen molar-refractivity contribution in [3.05, 3.63) is 104 Å². The molecule has 0 unspecified atom stereocenters. The van der Waals surface area contributed by atoms with Gasteiger partial charge >= 0.3 is 0 Å². The van der Waals surface area contributed by atoms with Crippen molar-refractivity contribution in [3.8, 4) is 0 Å². The van der Waals surface area contributed by atoms with Gasteiger partial charge < -0.3 is 10.2 Å². The van der Waals surface area contributed by atoms with Crippen LogP contribution in [0.2, 0.25) is 20.1 Å². The Labute approximate surface area is 237 Å². The number of nitrogens with one attached hydrogen (secondary N) is 1. The average Bonchev–Trinajstić information content (AvgIpc) is 3.39. The number of halogens is 4. The monoisotopic (exact) mass is 576 g/mol. The van der Waals surface area contributed by atoms with Crippen molar-refractivity contribution < 1.29 is 9.59 Å². The second-order valence-electron chi connectivity index (χ2n) is 9.29. The second kappa shape index (κ2) is 13.0. The van der Waals surface area contributed by atoms with Crippen molar-refractivity contribution in [2.45, 2.75) is 57.2 Å². The predicted molar refractivity (Wildman–Crippen MR) is 152 cm³/mol. The van der Waals surface area contributed by atoms with E-state index in [0.29, 0.717) is 37.6 Å². The maximum absolute atomic E-state index is 14.0. The molecule has 4 nitrogen and oxygen atoms in total. The molecule has 4 rings (SSSR count). The van der Waals surface area contributed by atoms with Crippen LogP contribution >= 0.6 is 46.4 Å². The van der Waals surface area contributed by atoms with Gasteiger partial charge in [0.05, 0.1) is 6.42 Å². The normalized spacial score (nSPS) is 14.4. The SMILES string of the molecule is O=C(NC1CCCC1)[C@H](Cc1ccccc1)N(Cc1c(Cl)cccc1Cl)C(=O)Cc1c(Cl)cccc1Cl. The lowest BCUT2D eigenvalue weighted by molar-refractivity contribution is -0.141. The lowest BCUT2D eigenvalue weighted by Gasteiger charge is -2.33. The quantitative estimate of drug-likeness (QED) is 0.285. The molecule has 0 aliphatic heterocycles. The molecule has 8 heteroatoms. The minimum atomic E-state index is -0.788. The first-order valence-electron chi connectivity index (χ1n) is 12.3. The van der Waals surface area contributed by atoms with Crippen molar-refractivity contribution in [1.29, 1.82) is 0 Å². The molecule has 0 saturated heterocycles. The lowest BCUT2D eigenvalue weighted by atomic mass is 10.0. The van der Waals surface area contributed by atoms with Crippen LogP contribution in [-0.2, 0) is 29.0 Å². The second-order valence-corrected chi connectivity index (χ2v) is 10.9. The highest BCUT2D eigenvalue weighted by Gasteiger charge is 2.33. The maximum Gasteiger partial charge on any atom is 0.243 e. The third-order valence-corrected chi connectivity index (χ3v) is 8.17. The van der Waals surface area contributed by atoms with Crippen molar-refractivity contribution in [2.75, 3.05) is 0 Å². The highest BCUT2D eigenvalue weighted by atomic mass is 35.5. The summed E-state index contributed by atoms with van der Waals surface area (Å²) < 4.78 is 0. The third-order valence-electron chi connectivity index (χ3n) is 6.75. The van der Waals surface area contributed by atoms with E-state index in [0.717, 1.165) is 31.2 Å². The Bertz CT molecular complexity index is 1210. The summed E-state index contributed by atoms with van der Waals surface area (Å²) >= 11 is 25.8. The number of nitrogens with zero attached hydrogens (tertiary/aromatic N) is 1. The summed E-state index contributed by atoms with van der Waals surface area (Å²) in [6.45, 7) is 0.0645. The van der Waals surface area contributed by atoms with E-state index >= 15 is 0 Å². The molecule has 0 bridgehead atoms. The van der Waals surface area contributed by atoms with Gasteiger partial charge in [-0.15, -0.1) is 0 Å². The highest BCUT2D eigenvalue weighted by molar-refractivity contribution is 6.36. The van der Waals surface area contributed by atoms with Gasteiger partial charge in [-0.1, -0.05) is 102 Å². The van der Waals surface area contributed by atoms with Gasteiger partial charge in [-0.05, 0) is 48.2 Å². The van der Waals surface area contributed by atoms with Crippen molar-refractivity contribution in [2.24, 2.45) is 0 Å². The number of rotatable bonds is 9. The van der Waals surface area contributed by atoms with Crippen LogP contribution in [0.4, 0.5) is 0 Å². The van der Waals surface area contributed by atoms with Gasteiger partial charge in [0.2, 0.25) is 11.8 Å². The summed E-state index contributed by atoms with van der Waals surface area (Å²) in [7, 11) is 0. The zero-order chi connectivity index (χ0) is 26.4. The van der Waals surface area contributed by atoms with Gasteiger partial charge in [0.15, 0.2) is 0 Å². The van der Waals surface area contributed by atoms with Gasteiger partial charge in [-0.3, -0.25) is 9.59 Å². The Morgan fingerprint density at radius 3 is 1.89 bits per heavy atom. The van der Waals surface area contributed by atoms with E-state index in [9.17, 15) is 9.59 Å². The summed E-state index contributed by atoms with van der Waals surface area (Å²) in [5.41, 5.74) is 2.03. The van der Waals surface area contributed by atoms with Crippen LogP contribution in [0.1, 0.15) is 42.4 Å². The predicted octanol–water partition coefficient (Wildman–Crippen LogP) is 7.54. The largest absolute Gasteiger partial charge is 0.352 e. The van der Waals surface area contributed by atoms with Gasteiger partial charge in [0, 0.05) is 44.7 Å². The van der Waals surface area contributed by atoms with E-state index in [-0.39, 0.29) is 30.8 Å². The van der Waals surface area contributed by atoms with E-state index in [1.54, 1.807) is 41.3 Å². The molecule has 1 fully saturated rings. The molecule has 1 aliphatic rings. The van der Waals surface area contributed by atoms with Crippen LogP contribution in [0.5, 0.6) is 0 Å². The van der Waals surface area contributed by atoms with Crippen LogP contribution in [0.25, 0.3) is 0 Å². The molecule has 3 aromatic carbocycles. The van der Waals surface area contributed by atoms with Crippen molar-refractivity contribution in [3.63, 3.8) is 0 Å². The smallest absolute Gasteiger partial charge is 0.243 e. The Morgan fingerprint density at radius 2 is 1.32 bits per heavy atom. The van der Waals surface area contributed by atoms with E-state index in [2.05, 4.69) is 5.32 Å². The number of carbonyl (C=O) groups is 2. The van der Waals surface area contributed by atoms with Crippen molar-refractivity contribution in [1.82, 2.24) is 10.2 Å².